The molecule has 4 nitrogen and oxygen atoms in total. The van der Waals surface area contributed by atoms with Crippen molar-refractivity contribution in [2.45, 2.75) is 45.7 Å². The zero-order valence-corrected chi connectivity index (χ0v) is 10.4. The molecule has 0 aromatic rings. The molecule has 0 heterocycles. The van der Waals surface area contributed by atoms with Gasteiger partial charge in [-0.1, -0.05) is 13.8 Å². The van der Waals surface area contributed by atoms with Crippen LogP contribution in [0.5, 0.6) is 0 Å². The third-order valence-corrected chi connectivity index (χ3v) is 2.36. The van der Waals surface area contributed by atoms with Crippen molar-refractivity contribution in [1.29, 1.82) is 0 Å². The van der Waals surface area contributed by atoms with E-state index in [2.05, 4.69) is 19.2 Å². The van der Waals surface area contributed by atoms with E-state index in [1.807, 2.05) is 18.9 Å². The minimum atomic E-state index is 0.0897. The summed E-state index contributed by atoms with van der Waals surface area (Å²) < 4.78 is 0. The van der Waals surface area contributed by atoms with E-state index in [9.17, 15) is 4.79 Å². The van der Waals surface area contributed by atoms with E-state index in [4.69, 9.17) is 5.73 Å². The molecule has 90 valence electrons. The average molecular weight is 215 g/mol. The molecule has 0 aromatic carbocycles. The van der Waals surface area contributed by atoms with Gasteiger partial charge in [0.25, 0.3) is 0 Å². The topological polar surface area (TPSA) is 58.4 Å². The van der Waals surface area contributed by atoms with Crippen LogP contribution >= 0.6 is 0 Å². The van der Waals surface area contributed by atoms with Crippen molar-refractivity contribution < 1.29 is 4.79 Å². The molecule has 1 amide bonds. The van der Waals surface area contributed by atoms with Crippen LogP contribution in [0.1, 0.15) is 33.6 Å². The van der Waals surface area contributed by atoms with E-state index in [0.717, 1.165) is 19.4 Å². The quantitative estimate of drug-likeness (QED) is 0.653. The van der Waals surface area contributed by atoms with E-state index in [1.165, 1.54) is 0 Å². The number of hydrogen-bond acceptors (Lipinski definition) is 3. The fraction of sp³-hybridized carbons (Fsp3) is 0.909. The number of likely N-dealkylation sites (N-methyl/N-ethyl adjacent to an activating group) is 1. The van der Waals surface area contributed by atoms with E-state index in [1.54, 1.807) is 0 Å². The van der Waals surface area contributed by atoms with Gasteiger partial charge >= 0.3 is 0 Å². The Hall–Kier alpha value is -0.610. The first kappa shape index (κ1) is 14.4. The molecule has 15 heavy (non-hydrogen) atoms. The number of hydrogen-bond donors (Lipinski definition) is 2. The SMILES string of the molecule is CCC(CC)NC(=O)CN(C)CC(C)N. The molecular weight excluding hydrogens is 190 g/mol. The lowest BCUT2D eigenvalue weighted by atomic mass is 10.2. The first-order valence-electron chi connectivity index (χ1n) is 5.73. The molecule has 0 radical (unpaired) electrons. The number of nitrogens with zero attached hydrogens (tertiary/aromatic N) is 1. The van der Waals surface area contributed by atoms with Gasteiger partial charge in [0.05, 0.1) is 6.54 Å². The lowest BCUT2D eigenvalue weighted by Crippen LogP contribution is -2.43. The molecule has 0 aliphatic heterocycles. The zero-order chi connectivity index (χ0) is 11.8. The third kappa shape index (κ3) is 7.33. The van der Waals surface area contributed by atoms with Crippen molar-refractivity contribution in [3.63, 3.8) is 0 Å². The molecule has 0 fully saturated rings. The Bertz CT molecular complexity index is 179. The van der Waals surface area contributed by atoms with Gasteiger partial charge in [-0.05, 0) is 26.8 Å². The summed E-state index contributed by atoms with van der Waals surface area (Å²) in [6, 6.07) is 0.414. The van der Waals surface area contributed by atoms with E-state index in [-0.39, 0.29) is 11.9 Å². The number of nitrogens with two attached hydrogens (primary N) is 1. The predicted octanol–water partition coefficient (Wildman–Crippen LogP) is 0.570. The maximum absolute atomic E-state index is 11.6. The van der Waals surface area contributed by atoms with Crippen LogP contribution in [-0.4, -0.2) is 43.0 Å². The summed E-state index contributed by atoms with van der Waals surface area (Å²) in [6.07, 6.45) is 1.97. The van der Waals surface area contributed by atoms with Crippen LogP contribution in [0.15, 0.2) is 0 Å². The molecular formula is C11H25N3O. The summed E-state index contributed by atoms with van der Waals surface area (Å²) in [6.45, 7) is 7.28. The summed E-state index contributed by atoms with van der Waals surface area (Å²) >= 11 is 0. The molecule has 0 saturated heterocycles. The van der Waals surface area contributed by atoms with Gasteiger partial charge in [0, 0.05) is 18.6 Å². The first-order chi connectivity index (χ1) is 6.99. The van der Waals surface area contributed by atoms with Gasteiger partial charge in [-0.3, -0.25) is 9.69 Å². The first-order valence-corrected chi connectivity index (χ1v) is 5.73. The standard InChI is InChI=1S/C11H25N3O/c1-5-10(6-2)13-11(15)8-14(4)7-9(3)12/h9-10H,5-8,12H2,1-4H3,(H,13,15). The molecule has 1 atom stereocenters. The highest BCUT2D eigenvalue weighted by molar-refractivity contribution is 5.78. The van der Waals surface area contributed by atoms with Gasteiger partial charge < -0.3 is 11.1 Å². The van der Waals surface area contributed by atoms with Crippen LogP contribution in [0.25, 0.3) is 0 Å². The Labute approximate surface area is 93.2 Å². The molecule has 0 aliphatic rings. The highest BCUT2D eigenvalue weighted by atomic mass is 16.2. The van der Waals surface area contributed by atoms with Gasteiger partial charge in [-0.2, -0.15) is 0 Å². The van der Waals surface area contributed by atoms with Crippen LogP contribution in [0, 0.1) is 0 Å². The molecule has 0 aromatic heterocycles. The van der Waals surface area contributed by atoms with E-state index >= 15 is 0 Å². The fourth-order valence-electron chi connectivity index (χ4n) is 1.57. The van der Waals surface area contributed by atoms with Crippen molar-refractivity contribution in [2.75, 3.05) is 20.1 Å². The summed E-state index contributed by atoms with van der Waals surface area (Å²) in [7, 11) is 1.91. The van der Waals surface area contributed by atoms with Gasteiger partial charge in [0.2, 0.25) is 5.91 Å². The highest BCUT2D eigenvalue weighted by Crippen LogP contribution is 1.96. The number of carbonyl (C=O) groups excluding carboxylic acids is 1. The van der Waals surface area contributed by atoms with E-state index < -0.39 is 0 Å². The van der Waals surface area contributed by atoms with Crippen molar-refractivity contribution >= 4 is 5.91 Å². The second-order valence-electron chi connectivity index (χ2n) is 4.25. The largest absolute Gasteiger partial charge is 0.352 e. The monoisotopic (exact) mass is 215 g/mol. The van der Waals surface area contributed by atoms with Gasteiger partial charge in [0.15, 0.2) is 0 Å². The highest BCUT2D eigenvalue weighted by Gasteiger charge is 2.11. The van der Waals surface area contributed by atoms with Gasteiger partial charge in [-0.15, -0.1) is 0 Å². The maximum atomic E-state index is 11.6. The summed E-state index contributed by atoms with van der Waals surface area (Å²) in [5, 5.41) is 3.00. The van der Waals surface area contributed by atoms with Crippen LogP contribution in [-0.2, 0) is 4.79 Å². The van der Waals surface area contributed by atoms with Crippen molar-refractivity contribution in [1.82, 2.24) is 10.2 Å². The molecule has 0 bridgehead atoms. The summed E-state index contributed by atoms with van der Waals surface area (Å²) in [5.41, 5.74) is 5.65. The number of rotatable bonds is 7. The lowest BCUT2D eigenvalue weighted by molar-refractivity contribution is -0.122. The summed E-state index contributed by atoms with van der Waals surface area (Å²) in [4.78, 5) is 13.5. The van der Waals surface area contributed by atoms with Gasteiger partial charge in [0.1, 0.15) is 0 Å². The van der Waals surface area contributed by atoms with Crippen molar-refractivity contribution in [3.8, 4) is 0 Å². The maximum Gasteiger partial charge on any atom is 0.234 e. The molecule has 0 spiro atoms. The Morgan fingerprint density at radius 3 is 2.33 bits per heavy atom. The third-order valence-electron chi connectivity index (χ3n) is 2.36. The average Bonchev–Trinajstić information content (AvgIpc) is 2.12. The second kappa shape index (κ2) is 7.65. The van der Waals surface area contributed by atoms with Crippen LogP contribution < -0.4 is 11.1 Å². The Morgan fingerprint density at radius 2 is 1.93 bits per heavy atom. The number of amides is 1. The fourth-order valence-corrected chi connectivity index (χ4v) is 1.57. The Morgan fingerprint density at radius 1 is 1.40 bits per heavy atom. The zero-order valence-electron chi connectivity index (χ0n) is 10.4. The predicted molar refractivity (Wildman–Crippen MR) is 63.7 cm³/mol. The molecule has 3 N–H and O–H groups in total. The molecule has 1 unspecified atom stereocenters. The minimum Gasteiger partial charge on any atom is -0.352 e. The normalized spacial score (nSPS) is 13.3. The molecule has 4 heteroatoms. The van der Waals surface area contributed by atoms with Crippen LogP contribution in [0.3, 0.4) is 0 Å². The Balaban J connectivity index is 3.81. The van der Waals surface area contributed by atoms with E-state index in [0.29, 0.717) is 12.6 Å². The summed E-state index contributed by atoms with van der Waals surface area (Å²) in [5.74, 6) is 0.0897. The van der Waals surface area contributed by atoms with Crippen LogP contribution in [0.2, 0.25) is 0 Å². The molecule has 0 saturated carbocycles. The van der Waals surface area contributed by atoms with Gasteiger partial charge in [-0.25, -0.2) is 0 Å². The molecule has 0 rings (SSSR count). The second-order valence-corrected chi connectivity index (χ2v) is 4.25. The van der Waals surface area contributed by atoms with Crippen molar-refractivity contribution in [3.05, 3.63) is 0 Å². The smallest absolute Gasteiger partial charge is 0.234 e. The Kier molecular flexibility index (Phi) is 7.34. The van der Waals surface area contributed by atoms with Crippen molar-refractivity contribution in [2.24, 2.45) is 5.73 Å². The lowest BCUT2D eigenvalue weighted by Gasteiger charge is -2.20. The number of nitrogens with one attached hydrogen (secondary N) is 1. The number of carbonyl (C=O) groups is 1. The van der Waals surface area contributed by atoms with Crippen LogP contribution in [0.4, 0.5) is 0 Å². The minimum absolute atomic E-state index is 0.0897. The molecule has 0 aliphatic carbocycles.